The molecular formula is C11H6Br2F3NOS. The van der Waals surface area contributed by atoms with E-state index >= 15 is 0 Å². The number of aliphatic hydroxyl groups is 1. The summed E-state index contributed by atoms with van der Waals surface area (Å²) in [5.41, 5.74) is 0.478. The van der Waals surface area contributed by atoms with Crippen molar-refractivity contribution in [3.8, 4) is 0 Å². The third-order valence-corrected chi connectivity index (χ3v) is 4.60. The Kier molecular flexibility index (Phi) is 4.34. The molecule has 2 rings (SSSR count). The molecule has 0 bridgehead atoms. The van der Waals surface area contributed by atoms with E-state index in [0.717, 1.165) is 10.7 Å². The molecule has 2 nitrogen and oxygen atoms in total. The van der Waals surface area contributed by atoms with Crippen LogP contribution in [-0.4, -0.2) is 10.1 Å². The van der Waals surface area contributed by atoms with Gasteiger partial charge in [-0.05, 0) is 18.2 Å². The Morgan fingerprint density at radius 1 is 1.26 bits per heavy atom. The second-order valence-electron chi connectivity index (χ2n) is 3.63. The van der Waals surface area contributed by atoms with E-state index in [1.165, 1.54) is 0 Å². The molecule has 0 spiro atoms. The van der Waals surface area contributed by atoms with Crippen LogP contribution in [0.1, 0.15) is 21.6 Å². The number of aromatic nitrogens is 1. The van der Waals surface area contributed by atoms with Gasteiger partial charge in [0.1, 0.15) is 6.10 Å². The number of nitrogens with zero attached hydrogens (tertiary/aromatic N) is 1. The molecule has 2 aromatic rings. The van der Waals surface area contributed by atoms with Crippen molar-refractivity contribution < 1.29 is 18.3 Å². The summed E-state index contributed by atoms with van der Waals surface area (Å²) in [6.07, 6.45) is -4.59. The first-order valence-electron chi connectivity index (χ1n) is 4.95. The number of thiazole rings is 1. The van der Waals surface area contributed by atoms with Gasteiger partial charge in [-0.3, -0.25) is 0 Å². The Bertz CT molecular complexity index is 600. The van der Waals surface area contributed by atoms with Crippen LogP contribution in [-0.2, 0) is 6.18 Å². The normalized spacial score (nSPS) is 13.6. The van der Waals surface area contributed by atoms with Gasteiger partial charge in [-0.25, -0.2) is 4.98 Å². The summed E-state index contributed by atoms with van der Waals surface area (Å²) in [5, 5.41) is 9.16. The minimum absolute atomic E-state index is 0.145. The van der Waals surface area contributed by atoms with E-state index in [-0.39, 0.29) is 4.88 Å². The molecule has 0 amide bonds. The topological polar surface area (TPSA) is 33.1 Å². The van der Waals surface area contributed by atoms with Crippen molar-refractivity contribution in [3.05, 3.63) is 48.8 Å². The number of halogens is 5. The zero-order chi connectivity index (χ0) is 14.2. The largest absolute Gasteiger partial charge is 0.443 e. The Hall–Kier alpha value is -0.440. The first kappa shape index (κ1) is 15.0. The molecule has 0 aliphatic rings. The van der Waals surface area contributed by atoms with Crippen LogP contribution in [0, 0.1) is 0 Å². The van der Waals surface area contributed by atoms with Crippen LogP contribution in [0.15, 0.2) is 33.3 Å². The Morgan fingerprint density at radius 2 is 1.95 bits per heavy atom. The predicted octanol–water partition coefficient (Wildman–Crippen LogP) is 4.77. The van der Waals surface area contributed by atoms with Crippen molar-refractivity contribution in [2.24, 2.45) is 0 Å². The summed E-state index contributed by atoms with van der Waals surface area (Å²) in [5.74, 6) is 0. The average Bonchev–Trinajstić information content (AvgIpc) is 2.80. The molecule has 1 heterocycles. The molecule has 0 fully saturated rings. The smallest absolute Gasteiger partial charge is 0.383 e. The average molecular weight is 417 g/mol. The molecule has 1 atom stereocenters. The zero-order valence-electron chi connectivity index (χ0n) is 9.08. The van der Waals surface area contributed by atoms with Crippen molar-refractivity contribution in [2.75, 3.05) is 0 Å². The number of aliphatic hydroxyl groups excluding tert-OH is 1. The Morgan fingerprint density at radius 3 is 2.53 bits per heavy atom. The summed E-state index contributed by atoms with van der Waals surface area (Å²) in [4.78, 5) is 3.44. The lowest BCUT2D eigenvalue weighted by atomic mass is 10.1. The van der Waals surface area contributed by atoms with Gasteiger partial charge in [0.15, 0.2) is 5.01 Å². The second kappa shape index (κ2) is 5.51. The minimum atomic E-state index is -4.49. The molecule has 19 heavy (non-hydrogen) atoms. The maximum Gasteiger partial charge on any atom is 0.443 e. The quantitative estimate of drug-likeness (QED) is 0.764. The van der Waals surface area contributed by atoms with Gasteiger partial charge >= 0.3 is 6.18 Å². The number of hydrogen-bond acceptors (Lipinski definition) is 3. The van der Waals surface area contributed by atoms with Gasteiger partial charge in [-0.15, -0.1) is 11.3 Å². The zero-order valence-corrected chi connectivity index (χ0v) is 13.1. The standard InChI is InChI=1S/C11H6Br2F3NOS/c12-5-1-2-7(13)6(3-5)9(18)8-4-17-10(19-8)11(14,15)16/h1-4,9,18H. The van der Waals surface area contributed by atoms with Gasteiger partial charge in [0.25, 0.3) is 0 Å². The molecule has 0 aliphatic heterocycles. The van der Waals surface area contributed by atoms with E-state index < -0.39 is 17.3 Å². The Balaban J connectivity index is 2.36. The number of rotatable bonds is 2. The molecule has 0 radical (unpaired) electrons. The number of benzene rings is 1. The van der Waals surface area contributed by atoms with Crippen molar-refractivity contribution >= 4 is 43.2 Å². The fourth-order valence-corrected chi connectivity index (χ4v) is 3.05. The number of hydrogen-bond donors (Lipinski definition) is 1. The fourth-order valence-electron chi connectivity index (χ4n) is 1.42. The first-order chi connectivity index (χ1) is 8.79. The van der Waals surface area contributed by atoms with Gasteiger partial charge in [-0.1, -0.05) is 31.9 Å². The van der Waals surface area contributed by atoms with E-state index in [1.807, 2.05) is 0 Å². The summed E-state index contributed by atoms with van der Waals surface area (Å²) >= 11 is 6.94. The molecule has 102 valence electrons. The van der Waals surface area contributed by atoms with Crippen molar-refractivity contribution in [2.45, 2.75) is 12.3 Å². The maximum atomic E-state index is 12.5. The molecule has 1 aromatic heterocycles. The summed E-state index contributed by atoms with van der Waals surface area (Å²) in [6.45, 7) is 0. The van der Waals surface area contributed by atoms with Crippen LogP contribution in [0.4, 0.5) is 13.2 Å². The van der Waals surface area contributed by atoms with E-state index in [2.05, 4.69) is 36.8 Å². The summed E-state index contributed by atoms with van der Waals surface area (Å²) < 4.78 is 38.7. The molecule has 0 saturated heterocycles. The van der Waals surface area contributed by atoms with Gasteiger partial charge in [0.05, 0.1) is 4.88 Å². The SMILES string of the molecule is OC(c1cnc(C(F)(F)F)s1)c1cc(Br)ccc1Br. The van der Waals surface area contributed by atoms with Crippen LogP contribution < -0.4 is 0 Å². The number of alkyl halides is 3. The van der Waals surface area contributed by atoms with E-state index in [0.29, 0.717) is 21.4 Å². The molecule has 0 aliphatic carbocycles. The highest BCUT2D eigenvalue weighted by Gasteiger charge is 2.35. The van der Waals surface area contributed by atoms with E-state index in [9.17, 15) is 18.3 Å². The van der Waals surface area contributed by atoms with Crippen molar-refractivity contribution in [3.63, 3.8) is 0 Å². The summed E-state index contributed by atoms with van der Waals surface area (Å²) in [6, 6.07) is 5.10. The lowest BCUT2D eigenvalue weighted by Crippen LogP contribution is -2.03. The fraction of sp³-hybridized carbons (Fsp3) is 0.182. The van der Waals surface area contributed by atoms with Crippen molar-refractivity contribution in [1.29, 1.82) is 0 Å². The third kappa shape index (κ3) is 3.36. The van der Waals surface area contributed by atoms with Gasteiger partial charge in [0, 0.05) is 20.7 Å². The van der Waals surface area contributed by atoms with Crippen LogP contribution in [0.2, 0.25) is 0 Å². The lowest BCUT2D eigenvalue weighted by Gasteiger charge is -2.11. The van der Waals surface area contributed by atoms with Crippen LogP contribution >= 0.6 is 43.2 Å². The molecule has 1 unspecified atom stereocenters. The predicted molar refractivity (Wildman–Crippen MR) is 73.0 cm³/mol. The molecule has 1 N–H and O–H groups in total. The van der Waals surface area contributed by atoms with Crippen molar-refractivity contribution in [1.82, 2.24) is 4.98 Å². The molecule has 8 heteroatoms. The molecular weight excluding hydrogens is 411 g/mol. The highest BCUT2D eigenvalue weighted by atomic mass is 79.9. The monoisotopic (exact) mass is 415 g/mol. The minimum Gasteiger partial charge on any atom is -0.383 e. The first-order valence-corrected chi connectivity index (χ1v) is 7.35. The second-order valence-corrected chi connectivity index (χ2v) is 6.47. The molecule has 1 aromatic carbocycles. The highest BCUT2D eigenvalue weighted by molar-refractivity contribution is 9.11. The molecule has 0 saturated carbocycles. The van der Waals surface area contributed by atoms with Gasteiger partial charge in [-0.2, -0.15) is 13.2 Å². The lowest BCUT2D eigenvalue weighted by molar-refractivity contribution is -0.137. The maximum absolute atomic E-state index is 12.5. The third-order valence-electron chi connectivity index (χ3n) is 2.29. The highest BCUT2D eigenvalue weighted by Crippen LogP contribution is 2.37. The Labute approximate surface area is 127 Å². The van der Waals surface area contributed by atoms with Crippen LogP contribution in [0.3, 0.4) is 0 Å². The van der Waals surface area contributed by atoms with Gasteiger partial charge in [0.2, 0.25) is 0 Å². The summed E-state index contributed by atoms with van der Waals surface area (Å²) in [7, 11) is 0. The van der Waals surface area contributed by atoms with E-state index in [1.54, 1.807) is 18.2 Å². The van der Waals surface area contributed by atoms with Crippen LogP contribution in [0.5, 0.6) is 0 Å². The van der Waals surface area contributed by atoms with Gasteiger partial charge < -0.3 is 5.11 Å². The van der Waals surface area contributed by atoms with Crippen LogP contribution in [0.25, 0.3) is 0 Å². The van der Waals surface area contributed by atoms with E-state index in [4.69, 9.17) is 0 Å².